The number of carbonyl (C=O) groups is 1. The number of ether oxygens (including phenoxy) is 1. The number of anilines is 1. The number of halogens is 3. The van der Waals surface area contributed by atoms with Crippen LogP contribution in [0.5, 0.6) is 11.5 Å². The highest BCUT2D eigenvalue weighted by atomic mass is 79.9. The van der Waals surface area contributed by atoms with Crippen LogP contribution in [-0.2, 0) is 4.79 Å². The van der Waals surface area contributed by atoms with Gasteiger partial charge in [0.15, 0.2) is 0 Å². The van der Waals surface area contributed by atoms with E-state index in [0.29, 0.717) is 31.7 Å². The summed E-state index contributed by atoms with van der Waals surface area (Å²) in [6.45, 7) is 0. The third-order valence-electron chi connectivity index (χ3n) is 3.10. The maximum atomic E-state index is 11.5. The van der Waals surface area contributed by atoms with E-state index < -0.39 is 6.04 Å². The van der Waals surface area contributed by atoms with Gasteiger partial charge in [-0.25, -0.2) is 0 Å². The molecule has 21 heavy (non-hydrogen) atoms. The minimum Gasteiger partial charge on any atom is -0.456 e. The number of nitrogens with two attached hydrogens (primary N) is 1. The summed E-state index contributed by atoms with van der Waals surface area (Å²) < 4.78 is 6.40. The summed E-state index contributed by atoms with van der Waals surface area (Å²) >= 11 is 15.4. The van der Waals surface area contributed by atoms with Crippen LogP contribution in [0.25, 0.3) is 0 Å². The summed E-state index contributed by atoms with van der Waals surface area (Å²) in [6.07, 6.45) is 0. The lowest BCUT2D eigenvalue weighted by atomic mass is 10.1. The van der Waals surface area contributed by atoms with Crippen LogP contribution in [0.3, 0.4) is 0 Å². The van der Waals surface area contributed by atoms with Crippen molar-refractivity contribution in [3.05, 3.63) is 50.4 Å². The van der Waals surface area contributed by atoms with E-state index in [0.717, 1.165) is 5.56 Å². The van der Waals surface area contributed by atoms with Crippen LogP contribution >= 0.6 is 39.1 Å². The first-order chi connectivity index (χ1) is 9.95. The molecular weight excluding hydrogens is 379 g/mol. The summed E-state index contributed by atoms with van der Waals surface area (Å²) in [4.78, 5) is 11.5. The second-order valence-electron chi connectivity index (χ2n) is 4.51. The molecule has 2 aromatic carbocycles. The van der Waals surface area contributed by atoms with Gasteiger partial charge in [0.1, 0.15) is 17.5 Å². The zero-order valence-electron chi connectivity index (χ0n) is 10.5. The first kappa shape index (κ1) is 14.7. The number of carbonyl (C=O) groups excluding carboxylic acids is 1. The highest BCUT2D eigenvalue weighted by molar-refractivity contribution is 9.10. The molecule has 0 aliphatic carbocycles. The highest BCUT2D eigenvalue weighted by Crippen LogP contribution is 2.38. The number of fused-ring (bicyclic) bond motifs is 1. The molecule has 0 bridgehead atoms. The quantitative estimate of drug-likeness (QED) is 0.745. The van der Waals surface area contributed by atoms with Crippen LogP contribution in [0.2, 0.25) is 10.0 Å². The van der Waals surface area contributed by atoms with E-state index >= 15 is 0 Å². The number of hydrogen-bond donors (Lipinski definition) is 2. The number of nitrogens with one attached hydrogen (secondary N) is 1. The fourth-order valence-corrected chi connectivity index (χ4v) is 2.87. The first-order valence-electron chi connectivity index (χ1n) is 5.98. The topological polar surface area (TPSA) is 64.4 Å². The Kier molecular flexibility index (Phi) is 3.84. The molecule has 4 nitrogen and oxygen atoms in total. The van der Waals surface area contributed by atoms with Crippen molar-refractivity contribution >= 4 is 50.7 Å². The Balaban J connectivity index is 1.92. The van der Waals surface area contributed by atoms with Crippen molar-refractivity contribution in [3.63, 3.8) is 0 Å². The lowest BCUT2D eigenvalue weighted by Gasteiger charge is -2.10. The summed E-state index contributed by atoms with van der Waals surface area (Å²) in [5.74, 6) is 0.730. The maximum Gasteiger partial charge on any atom is 0.245 e. The van der Waals surface area contributed by atoms with Crippen LogP contribution in [0.1, 0.15) is 11.6 Å². The predicted octanol–water partition coefficient (Wildman–Crippen LogP) is 4.50. The van der Waals surface area contributed by atoms with Crippen molar-refractivity contribution in [1.29, 1.82) is 0 Å². The smallest absolute Gasteiger partial charge is 0.245 e. The fourth-order valence-electron chi connectivity index (χ4n) is 2.04. The second kappa shape index (κ2) is 5.50. The molecular formula is C14H9BrCl2N2O2. The van der Waals surface area contributed by atoms with E-state index in [1.807, 2.05) is 0 Å². The third-order valence-corrected chi connectivity index (χ3v) is 4.60. The Morgan fingerprint density at radius 1 is 1.19 bits per heavy atom. The molecule has 0 spiro atoms. The number of hydrogen-bond acceptors (Lipinski definition) is 3. The Labute approximate surface area is 139 Å². The van der Waals surface area contributed by atoms with Gasteiger partial charge in [-0.3, -0.25) is 4.79 Å². The minimum absolute atomic E-state index is 0.230. The van der Waals surface area contributed by atoms with Crippen LogP contribution < -0.4 is 15.8 Å². The molecule has 1 atom stereocenters. The Morgan fingerprint density at radius 2 is 1.95 bits per heavy atom. The Bertz CT molecular complexity index is 752. The summed E-state index contributed by atoms with van der Waals surface area (Å²) in [5.41, 5.74) is 7.14. The van der Waals surface area contributed by atoms with Crippen molar-refractivity contribution < 1.29 is 9.53 Å². The van der Waals surface area contributed by atoms with Gasteiger partial charge in [0.25, 0.3) is 0 Å². The standard InChI is InChI=1S/C14H9BrCl2N2O2/c15-8-4-10(17)12(5-9(8)16)21-6-1-2-7-11(3-6)19-14(20)13(7)18/h1-5,13H,18H2,(H,19,20). The van der Waals surface area contributed by atoms with Crippen molar-refractivity contribution in [3.8, 4) is 11.5 Å². The molecule has 0 fully saturated rings. The van der Waals surface area contributed by atoms with E-state index in [4.69, 9.17) is 33.7 Å². The maximum absolute atomic E-state index is 11.5. The third kappa shape index (κ3) is 2.74. The van der Waals surface area contributed by atoms with Gasteiger partial charge in [-0.2, -0.15) is 0 Å². The van der Waals surface area contributed by atoms with Gasteiger partial charge >= 0.3 is 0 Å². The van der Waals surface area contributed by atoms with Gasteiger partial charge in [-0.05, 0) is 28.1 Å². The summed E-state index contributed by atoms with van der Waals surface area (Å²) in [6, 6.07) is 7.81. The molecule has 0 aromatic heterocycles. The minimum atomic E-state index is -0.639. The monoisotopic (exact) mass is 386 g/mol. The Hall–Kier alpha value is -1.27. The molecule has 1 aliphatic rings. The Morgan fingerprint density at radius 3 is 2.71 bits per heavy atom. The van der Waals surface area contributed by atoms with Gasteiger partial charge in [-0.1, -0.05) is 29.3 Å². The zero-order valence-corrected chi connectivity index (χ0v) is 13.6. The predicted molar refractivity (Wildman–Crippen MR) is 86.2 cm³/mol. The SMILES string of the molecule is NC1C(=O)Nc2cc(Oc3cc(Cl)c(Br)cc3Cl)ccc21. The molecule has 3 N–H and O–H groups in total. The lowest BCUT2D eigenvalue weighted by Crippen LogP contribution is -2.19. The van der Waals surface area contributed by atoms with Gasteiger partial charge in [0.05, 0.1) is 10.0 Å². The van der Waals surface area contributed by atoms with Crippen molar-refractivity contribution in [2.75, 3.05) is 5.32 Å². The van der Waals surface area contributed by atoms with Gasteiger partial charge < -0.3 is 15.8 Å². The van der Waals surface area contributed by atoms with E-state index in [1.54, 1.807) is 30.3 Å². The van der Waals surface area contributed by atoms with Crippen LogP contribution in [0.4, 0.5) is 5.69 Å². The molecule has 0 radical (unpaired) electrons. The molecule has 3 rings (SSSR count). The number of benzene rings is 2. The van der Waals surface area contributed by atoms with Crippen molar-refractivity contribution in [2.45, 2.75) is 6.04 Å². The van der Waals surface area contributed by atoms with Crippen molar-refractivity contribution in [2.24, 2.45) is 5.73 Å². The molecule has 0 saturated heterocycles. The largest absolute Gasteiger partial charge is 0.456 e. The first-order valence-corrected chi connectivity index (χ1v) is 7.53. The molecule has 2 aromatic rings. The average molecular weight is 388 g/mol. The molecule has 1 heterocycles. The van der Waals surface area contributed by atoms with Crippen molar-refractivity contribution in [1.82, 2.24) is 0 Å². The average Bonchev–Trinajstić information content (AvgIpc) is 2.71. The van der Waals surface area contributed by atoms with Gasteiger partial charge in [0, 0.05) is 27.9 Å². The zero-order chi connectivity index (χ0) is 15.1. The number of amides is 1. The van der Waals surface area contributed by atoms with E-state index in [9.17, 15) is 4.79 Å². The van der Waals surface area contributed by atoms with E-state index in [1.165, 1.54) is 0 Å². The molecule has 1 aliphatic heterocycles. The summed E-state index contributed by atoms with van der Waals surface area (Å²) in [5, 5.41) is 3.61. The van der Waals surface area contributed by atoms with Crippen LogP contribution in [-0.4, -0.2) is 5.91 Å². The number of rotatable bonds is 2. The molecule has 0 saturated carbocycles. The lowest BCUT2D eigenvalue weighted by molar-refractivity contribution is -0.116. The van der Waals surface area contributed by atoms with Gasteiger partial charge in [-0.15, -0.1) is 0 Å². The molecule has 1 amide bonds. The fraction of sp³-hybridized carbons (Fsp3) is 0.0714. The molecule has 108 valence electrons. The summed E-state index contributed by atoms with van der Waals surface area (Å²) in [7, 11) is 0. The van der Waals surface area contributed by atoms with Gasteiger partial charge in [0.2, 0.25) is 5.91 Å². The van der Waals surface area contributed by atoms with E-state index in [-0.39, 0.29) is 5.91 Å². The second-order valence-corrected chi connectivity index (χ2v) is 6.18. The van der Waals surface area contributed by atoms with Crippen LogP contribution in [0, 0.1) is 0 Å². The highest BCUT2D eigenvalue weighted by Gasteiger charge is 2.27. The normalized spacial score (nSPS) is 16.6. The molecule has 7 heteroatoms. The van der Waals surface area contributed by atoms with E-state index in [2.05, 4.69) is 21.2 Å². The van der Waals surface area contributed by atoms with Crippen LogP contribution in [0.15, 0.2) is 34.8 Å². The molecule has 1 unspecified atom stereocenters.